The highest BCUT2D eigenvalue weighted by atomic mass is 32.1. The SMILES string of the molecule is C=CCn1c(C)c(/C=c2/sc3n(c2=O)C(c2ccc(OC)cc2)C2=C(N=3)c3ccccc3CC2)c2ccccc21. The van der Waals surface area contributed by atoms with Crippen molar-refractivity contribution in [1.82, 2.24) is 9.13 Å². The van der Waals surface area contributed by atoms with Crippen molar-refractivity contribution in [1.29, 1.82) is 0 Å². The number of thiazole rings is 1. The highest BCUT2D eigenvalue weighted by Gasteiger charge is 2.32. The molecule has 5 aromatic rings. The molecule has 1 unspecified atom stereocenters. The van der Waals surface area contributed by atoms with Crippen LogP contribution in [0.3, 0.4) is 0 Å². The third-order valence-corrected chi connectivity index (χ3v) is 9.15. The number of methoxy groups -OCH3 is 1. The molecule has 0 fully saturated rings. The summed E-state index contributed by atoms with van der Waals surface area (Å²) in [4.78, 5) is 20.1. The molecular formula is C34H29N3O2S. The van der Waals surface area contributed by atoms with Crippen LogP contribution in [0.2, 0.25) is 0 Å². The second-order valence-corrected chi connectivity index (χ2v) is 11.3. The molecule has 1 aliphatic heterocycles. The van der Waals surface area contributed by atoms with Crippen molar-refractivity contribution in [3.63, 3.8) is 0 Å². The van der Waals surface area contributed by atoms with Gasteiger partial charge in [0.25, 0.3) is 5.56 Å². The minimum absolute atomic E-state index is 0.00470. The van der Waals surface area contributed by atoms with Gasteiger partial charge >= 0.3 is 0 Å². The summed E-state index contributed by atoms with van der Waals surface area (Å²) >= 11 is 1.47. The van der Waals surface area contributed by atoms with Gasteiger partial charge in [0.05, 0.1) is 23.4 Å². The van der Waals surface area contributed by atoms with Crippen LogP contribution < -0.4 is 19.6 Å². The van der Waals surface area contributed by atoms with Gasteiger partial charge in [0.1, 0.15) is 5.75 Å². The average Bonchev–Trinajstić information content (AvgIpc) is 3.45. The Morgan fingerprint density at radius 1 is 1.05 bits per heavy atom. The molecule has 5 nitrogen and oxygen atoms in total. The summed E-state index contributed by atoms with van der Waals surface area (Å²) in [5.41, 5.74) is 9.07. The Morgan fingerprint density at radius 2 is 1.82 bits per heavy atom. The van der Waals surface area contributed by atoms with E-state index in [2.05, 4.69) is 78.7 Å². The van der Waals surface area contributed by atoms with Crippen molar-refractivity contribution < 1.29 is 4.74 Å². The lowest BCUT2D eigenvalue weighted by Gasteiger charge is -2.30. The first-order chi connectivity index (χ1) is 19.6. The summed E-state index contributed by atoms with van der Waals surface area (Å²) in [5, 5.41) is 1.13. The fraction of sp³-hybridized carbons (Fsp3) is 0.176. The molecule has 0 saturated heterocycles. The molecule has 0 amide bonds. The smallest absolute Gasteiger partial charge is 0.271 e. The maximum absolute atomic E-state index is 14.2. The fourth-order valence-corrected chi connectivity index (χ4v) is 7.23. The number of aromatic nitrogens is 2. The van der Waals surface area contributed by atoms with Gasteiger partial charge in [0, 0.05) is 34.3 Å². The van der Waals surface area contributed by atoms with Gasteiger partial charge in [-0.15, -0.1) is 6.58 Å². The zero-order chi connectivity index (χ0) is 27.4. The summed E-state index contributed by atoms with van der Waals surface area (Å²) in [6, 6.07) is 24.7. The molecule has 1 atom stereocenters. The van der Waals surface area contributed by atoms with Gasteiger partial charge in [-0.25, -0.2) is 4.99 Å². The topological polar surface area (TPSA) is 48.5 Å². The molecule has 0 spiro atoms. The summed E-state index contributed by atoms with van der Waals surface area (Å²) in [6.07, 6.45) is 5.77. The normalized spacial score (nSPS) is 16.4. The maximum Gasteiger partial charge on any atom is 0.271 e. The predicted octanol–water partition coefficient (Wildman–Crippen LogP) is 5.78. The third kappa shape index (κ3) is 3.74. The van der Waals surface area contributed by atoms with Gasteiger partial charge in [0.15, 0.2) is 4.80 Å². The summed E-state index contributed by atoms with van der Waals surface area (Å²) in [7, 11) is 1.67. The number of fused-ring (bicyclic) bond motifs is 4. The predicted molar refractivity (Wildman–Crippen MR) is 163 cm³/mol. The molecule has 40 heavy (non-hydrogen) atoms. The van der Waals surface area contributed by atoms with Gasteiger partial charge in [-0.1, -0.05) is 72.0 Å². The molecule has 0 radical (unpaired) electrons. The summed E-state index contributed by atoms with van der Waals surface area (Å²) < 4.78 is 10.3. The zero-order valence-corrected chi connectivity index (χ0v) is 23.4. The van der Waals surface area contributed by atoms with Gasteiger partial charge < -0.3 is 9.30 Å². The molecule has 3 heterocycles. The number of aryl methyl sites for hydroxylation is 1. The number of ether oxygens (including phenoxy) is 1. The largest absolute Gasteiger partial charge is 0.497 e. The number of nitrogens with zero attached hydrogens (tertiary/aromatic N) is 3. The molecular weight excluding hydrogens is 514 g/mol. The molecule has 198 valence electrons. The zero-order valence-electron chi connectivity index (χ0n) is 22.6. The molecule has 0 saturated carbocycles. The van der Waals surface area contributed by atoms with Crippen molar-refractivity contribution in [2.45, 2.75) is 32.4 Å². The first-order valence-electron chi connectivity index (χ1n) is 13.5. The van der Waals surface area contributed by atoms with Crippen molar-refractivity contribution in [3.8, 4) is 5.75 Å². The van der Waals surface area contributed by atoms with E-state index in [0.717, 1.165) is 56.8 Å². The lowest BCUT2D eigenvalue weighted by molar-refractivity contribution is 0.414. The lowest BCUT2D eigenvalue weighted by atomic mass is 9.83. The van der Waals surface area contributed by atoms with E-state index in [1.165, 1.54) is 28.0 Å². The fourth-order valence-electron chi connectivity index (χ4n) is 6.24. The van der Waals surface area contributed by atoms with E-state index < -0.39 is 0 Å². The van der Waals surface area contributed by atoms with Crippen LogP contribution in [0.1, 0.15) is 40.4 Å². The lowest BCUT2D eigenvalue weighted by Crippen LogP contribution is -2.38. The number of hydrogen-bond acceptors (Lipinski definition) is 4. The van der Waals surface area contributed by atoms with Crippen LogP contribution in [-0.2, 0) is 13.0 Å². The number of para-hydroxylation sites is 1. The standard InChI is InChI=1S/C34H29N3O2S/c1-4-19-36-21(2)28(26-11-7-8-12-29(26)36)20-30-33(38)37-32(23-13-16-24(39-3)17-14-23)27-18-15-22-9-5-6-10-25(22)31(27)35-34(37)40-30/h4-14,16-17,20,32H,1,15,18-19H2,2-3H3/b30-20+. The van der Waals surface area contributed by atoms with Crippen molar-refractivity contribution in [2.24, 2.45) is 4.99 Å². The first kappa shape index (κ1) is 24.6. The van der Waals surface area contributed by atoms with E-state index in [1.807, 2.05) is 28.8 Å². The average molecular weight is 544 g/mol. The molecule has 0 N–H and O–H groups in total. The van der Waals surface area contributed by atoms with E-state index in [-0.39, 0.29) is 11.6 Å². The molecule has 6 heteroatoms. The number of rotatable bonds is 5. The van der Waals surface area contributed by atoms with E-state index in [1.54, 1.807) is 7.11 Å². The van der Waals surface area contributed by atoms with Crippen LogP contribution in [0.15, 0.2) is 101 Å². The Hall–Kier alpha value is -4.42. The quantitative estimate of drug-likeness (QED) is 0.264. The minimum Gasteiger partial charge on any atom is -0.497 e. The highest BCUT2D eigenvalue weighted by molar-refractivity contribution is 7.07. The molecule has 1 aliphatic carbocycles. The van der Waals surface area contributed by atoms with Crippen LogP contribution in [0, 0.1) is 6.92 Å². The highest BCUT2D eigenvalue weighted by Crippen LogP contribution is 2.41. The minimum atomic E-state index is -0.212. The van der Waals surface area contributed by atoms with E-state index in [4.69, 9.17) is 9.73 Å². The Bertz CT molecular complexity index is 2020. The Balaban J connectivity index is 1.49. The van der Waals surface area contributed by atoms with Crippen LogP contribution in [0.25, 0.3) is 22.7 Å². The summed E-state index contributed by atoms with van der Waals surface area (Å²) in [5.74, 6) is 0.797. The summed E-state index contributed by atoms with van der Waals surface area (Å²) in [6.45, 7) is 6.77. The van der Waals surface area contributed by atoms with E-state index >= 15 is 0 Å². The Kier molecular flexibility index (Phi) is 5.93. The Labute approximate surface area is 236 Å². The monoisotopic (exact) mass is 543 g/mol. The van der Waals surface area contributed by atoms with Crippen molar-refractivity contribution in [2.75, 3.05) is 7.11 Å². The van der Waals surface area contributed by atoms with Crippen LogP contribution >= 0.6 is 11.3 Å². The number of allylic oxidation sites excluding steroid dienone is 2. The van der Waals surface area contributed by atoms with E-state index in [9.17, 15) is 4.79 Å². The third-order valence-electron chi connectivity index (χ3n) is 8.17. The maximum atomic E-state index is 14.2. The van der Waals surface area contributed by atoms with E-state index in [0.29, 0.717) is 11.1 Å². The van der Waals surface area contributed by atoms with Crippen LogP contribution in [-0.4, -0.2) is 16.2 Å². The van der Waals surface area contributed by atoms with Crippen LogP contribution in [0.5, 0.6) is 5.75 Å². The number of benzene rings is 3. The molecule has 3 aromatic carbocycles. The molecule has 2 aromatic heterocycles. The second kappa shape index (κ2) is 9.65. The molecule has 0 bridgehead atoms. The van der Waals surface area contributed by atoms with Gasteiger partial charge in [-0.05, 0) is 60.7 Å². The number of hydrogen-bond donors (Lipinski definition) is 0. The van der Waals surface area contributed by atoms with Crippen LogP contribution in [0.4, 0.5) is 0 Å². The van der Waals surface area contributed by atoms with Gasteiger partial charge in [-0.3, -0.25) is 9.36 Å². The van der Waals surface area contributed by atoms with Crippen molar-refractivity contribution >= 4 is 34.0 Å². The first-order valence-corrected chi connectivity index (χ1v) is 14.4. The van der Waals surface area contributed by atoms with Crippen molar-refractivity contribution in [3.05, 3.63) is 139 Å². The van der Waals surface area contributed by atoms with Gasteiger partial charge in [0.2, 0.25) is 0 Å². The molecule has 7 rings (SSSR count). The molecule has 2 aliphatic rings. The second-order valence-electron chi connectivity index (χ2n) is 10.3. The Morgan fingerprint density at radius 3 is 2.62 bits per heavy atom. The van der Waals surface area contributed by atoms with Gasteiger partial charge in [-0.2, -0.15) is 0 Å².